The van der Waals surface area contributed by atoms with Gasteiger partial charge in [-0.15, -0.1) is 11.3 Å². The Morgan fingerprint density at radius 3 is 2.52 bits per heavy atom. The third-order valence-corrected chi connectivity index (χ3v) is 4.10. The summed E-state index contributed by atoms with van der Waals surface area (Å²) < 4.78 is 43.2. The molecule has 0 spiro atoms. The predicted octanol–water partition coefficient (Wildman–Crippen LogP) is 4.15. The first-order chi connectivity index (χ1) is 9.90. The highest BCUT2D eigenvalue weighted by atomic mass is 35.5. The van der Waals surface area contributed by atoms with Gasteiger partial charge >= 0.3 is 6.18 Å². The molecule has 1 aromatic carbocycles. The fraction of sp³-hybridized carbons (Fsp3) is 0.308. The highest BCUT2D eigenvalue weighted by Gasteiger charge is 2.35. The summed E-state index contributed by atoms with van der Waals surface area (Å²) in [7, 11) is 1.66. The lowest BCUT2D eigenvalue weighted by Gasteiger charge is -2.15. The highest BCUT2D eigenvalue weighted by molar-refractivity contribution is 7.11. The van der Waals surface area contributed by atoms with E-state index in [0.717, 1.165) is 0 Å². The van der Waals surface area contributed by atoms with Gasteiger partial charge < -0.3 is 10.1 Å². The monoisotopic (exact) mass is 336 g/mol. The van der Waals surface area contributed by atoms with Crippen molar-refractivity contribution in [1.82, 2.24) is 10.3 Å². The number of aromatic nitrogens is 1. The maximum absolute atomic E-state index is 12.5. The molecule has 1 aromatic heterocycles. The maximum atomic E-state index is 12.5. The van der Waals surface area contributed by atoms with Crippen LogP contribution in [0.3, 0.4) is 0 Å². The van der Waals surface area contributed by atoms with E-state index in [1.165, 1.54) is 6.20 Å². The molecule has 0 fully saturated rings. The first kappa shape index (κ1) is 16.1. The van der Waals surface area contributed by atoms with E-state index in [-0.39, 0.29) is 12.6 Å². The van der Waals surface area contributed by atoms with Gasteiger partial charge in [-0.05, 0) is 31.3 Å². The molecular weight excluding hydrogens is 325 g/mol. The molecule has 2 aromatic rings. The van der Waals surface area contributed by atoms with Crippen molar-refractivity contribution in [1.29, 1.82) is 0 Å². The van der Waals surface area contributed by atoms with Gasteiger partial charge in [0.05, 0.1) is 6.04 Å². The van der Waals surface area contributed by atoms with Crippen LogP contribution >= 0.6 is 22.9 Å². The van der Waals surface area contributed by atoms with E-state index in [9.17, 15) is 13.2 Å². The molecule has 8 heteroatoms. The molecule has 1 atom stereocenters. The van der Waals surface area contributed by atoms with Gasteiger partial charge in [-0.3, -0.25) is 0 Å². The molecule has 0 aliphatic carbocycles. The molecule has 1 unspecified atom stereocenters. The van der Waals surface area contributed by atoms with Crippen LogP contribution in [0.25, 0.3) is 0 Å². The summed E-state index contributed by atoms with van der Waals surface area (Å²) in [6, 6.07) is 6.39. The maximum Gasteiger partial charge on any atom is 0.443 e. The summed E-state index contributed by atoms with van der Waals surface area (Å²) in [5.41, 5.74) is 0. The Morgan fingerprint density at radius 1 is 1.33 bits per heavy atom. The topological polar surface area (TPSA) is 34.1 Å². The van der Waals surface area contributed by atoms with Gasteiger partial charge in [0, 0.05) is 16.1 Å². The van der Waals surface area contributed by atoms with E-state index in [1.807, 2.05) is 0 Å². The highest BCUT2D eigenvalue weighted by Crippen LogP contribution is 2.34. The summed E-state index contributed by atoms with van der Waals surface area (Å²) >= 11 is 6.37. The summed E-state index contributed by atoms with van der Waals surface area (Å²) in [4.78, 5) is 3.87. The number of thiazole rings is 1. The molecular formula is C13H12ClF3N2OS. The van der Waals surface area contributed by atoms with Crippen LogP contribution in [0.5, 0.6) is 5.75 Å². The van der Waals surface area contributed by atoms with Crippen molar-refractivity contribution in [2.24, 2.45) is 0 Å². The number of ether oxygens (including phenoxy) is 1. The van der Waals surface area contributed by atoms with E-state index in [1.54, 1.807) is 31.3 Å². The van der Waals surface area contributed by atoms with Gasteiger partial charge in [-0.1, -0.05) is 11.6 Å². The number of nitrogens with one attached hydrogen (secondary N) is 1. The molecule has 0 bridgehead atoms. The number of nitrogens with zero attached hydrogens (tertiary/aromatic N) is 1. The fourth-order valence-corrected chi connectivity index (χ4v) is 2.60. The van der Waals surface area contributed by atoms with Crippen LogP contribution in [-0.4, -0.2) is 18.6 Å². The van der Waals surface area contributed by atoms with Crippen LogP contribution in [0.4, 0.5) is 13.2 Å². The Labute approximate surface area is 128 Å². The minimum atomic E-state index is -4.42. The van der Waals surface area contributed by atoms with Gasteiger partial charge in [0.1, 0.15) is 12.4 Å². The molecule has 0 saturated carbocycles. The summed E-state index contributed by atoms with van der Waals surface area (Å²) in [5.74, 6) is 0.597. The number of likely N-dealkylation sites (N-methyl/N-ethyl adjacent to an activating group) is 1. The average molecular weight is 337 g/mol. The van der Waals surface area contributed by atoms with E-state index in [4.69, 9.17) is 16.3 Å². The van der Waals surface area contributed by atoms with E-state index < -0.39 is 11.2 Å². The average Bonchev–Trinajstić information content (AvgIpc) is 2.91. The zero-order valence-electron chi connectivity index (χ0n) is 10.9. The van der Waals surface area contributed by atoms with Crippen molar-refractivity contribution in [3.8, 4) is 5.75 Å². The Bertz CT molecular complexity index is 586. The largest absolute Gasteiger partial charge is 0.492 e. The number of rotatable bonds is 5. The van der Waals surface area contributed by atoms with Gasteiger partial charge in [0.15, 0.2) is 5.01 Å². The molecule has 3 nitrogen and oxygen atoms in total. The molecule has 1 N–H and O–H groups in total. The zero-order valence-corrected chi connectivity index (χ0v) is 12.5. The Kier molecular flexibility index (Phi) is 5.08. The minimum Gasteiger partial charge on any atom is -0.492 e. The molecule has 0 saturated heterocycles. The number of hydrogen-bond donors (Lipinski definition) is 1. The van der Waals surface area contributed by atoms with E-state index >= 15 is 0 Å². The second-order valence-electron chi connectivity index (χ2n) is 4.17. The van der Waals surface area contributed by atoms with Gasteiger partial charge in [-0.2, -0.15) is 13.2 Å². The normalized spacial score (nSPS) is 13.2. The van der Waals surface area contributed by atoms with Crippen LogP contribution < -0.4 is 10.1 Å². The molecule has 114 valence electrons. The Balaban J connectivity index is 2.03. The van der Waals surface area contributed by atoms with Crippen LogP contribution in [0.15, 0.2) is 30.5 Å². The van der Waals surface area contributed by atoms with Crippen molar-refractivity contribution in [2.75, 3.05) is 13.7 Å². The second kappa shape index (κ2) is 6.64. The first-order valence-electron chi connectivity index (χ1n) is 5.98. The molecule has 0 radical (unpaired) electrons. The third-order valence-electron chi connectivity index (χ3n) is 2.69. The minimum absolute atomic E-state index is 0.192. The number of hydrogen-bond acceptors (Lipinski definition) is 4. The molecule has 21 heavy (non-hydrogen) atoms. The molecule has 0 amide bonds. The van der Waals surface area contributed by atoms with Gasteiger partial charge in [0.2, 0.25) is 0 Å². The summed E-state index contributed by atoms with van der Waals surface area (Å²) in [5, 5.41) is 2.65. The lowest BCUT2D eigenvalue weighted by molar-refractivity contribution is -0.137. The predicted molar refractivity (Wildman–Crippen MR) is 75.9 cm³/mol. The van der Waals surface area contributed by atoms with Crippen LogP contribution in [0.2, 0.25) is 5.02 Å². The third kappa shape index (κ3) is 4.33. The second-order valence-corrected chi connectivity index (χ2v) is 5.67. The Hall–Kier alpha value is -1.31. The number of alkyl halides is 3. The van der Waals surface area contributed by atoms with Crippen molar-refractivity contribution in [3.63, 3.8) is 0 Å². The van der Waals surface area contributed by atoms with Gasteiger partial charge in [-0.25, -0.2) is 4.98 Å². The lowest BCUT2D eigenvalue weighted by atomic mass is 10.3. The number of benzene rings is 1. The van der Waals surface area contributed by atoms with Crippen molar-refractivity contribution in [3.05, 3.63) is 45.4 Å². The zero-order chi connectivity index (χ0) is 15.5. The molecule has 0 aliphatic rings. The SMILES string of the molecule is CNC(COc1ccc(Cl)cc1)c1cnc(C(F)(F)F)s1. The molecule has 2 rings (SSSR count). The summed E-state index contributed by atoms with van der Waals surface area (Å²) in [6.45, 7) is 0.192. The lowest BCUT2D eigenvalue weighted by Crippen LogP contribution is -2.22. The molecule has 0 aliphatic heterocycles. The summed E-state index contributed by atoms with van der Waals surface area (Å²) in [6.07, 6.45) is -3.20. The van der Waals surface area contributed by atoms with Crippen molar-refractivity contribution in [2.45, 2.75) is 12.2 Å². The standard InChI is InChI=1S/C13H12ClF3N2OS/c1-18-10(7-20-9-4-2-8(14)3-5-9)11-6-19-12(21-11)13(15,16)17/h2-6,10,18H,7H2,1H3. The van der Waals surface area contributed by atoms with E-state index in [0.29, 0.717) is 27.0 Å². The molecule has 1 heterocycles. The number of halogens is 4. The Morgan fingerprint density at radius 2 is 2.00 bits per heavy atom. The van der Waals surface area contributed by atoms with Crippen LogP contribution in [0.1, 0.15) is 15.9 Å². The van der Waals surface area contributed by atoms with Crippen molar-refractivity contribution < 1.29 is 17.9 Å². The van der Waals surface area contributed by atoms with E-state index in [2.05, 4.69) is 10.3 Å². The first-order valence-corrected chi connectivity index (χ1v) is 7.18. The van der Waals surface area contributed by atoms with Crippen LogP contribution in [-0.2, 0) is 6.18 Å². The quantitative estimate of drug-likeness (QED) is 0.890. The van der Waals surface area contributed by atoms with Crippen LogP contribution in [0, 0.1) is 0 Å². The fourth-order valence-electron chi connectivity index (χ4n) is 1.60. The van der Waals surface area contributed by atoms with Gasteiger partial charge in [0.25, 0.3) is 0 Å². The van der Waals surface area contributed by atoms with Crippen molar-refractivity contribution >= 4 is 22.9 Å². The smallest absolute Gasteiger partial charge is 0.443 e.